The molecule has 1 aromatic heterocycles. The highest BCUT2D eigenvalue weighted by atomic mass is 16.2. The van der Waals surface area contributed by atoms with Gasteiger partial charge in [-0.2, -0.15) is 5.10 Å². The van der Waals surface area contributed by atoms with Crippen molar-refractivity contribution in [1.29, 1.82) is 0 Å². The molecule has 5 N–H and O–H groups in total. The average Bonchev–Trinajstić information content (AvgIpc) is 3.15. The lowest BCUT2D eigenvalue weighted by atomic mass is 10.0. The quantitative estimate of drug-likeness (QED) is 0.562. The van der Waals surface area contributed by atoms with Gasteiger partial charge in [-0.1, -0.05) is 0 Å². The van der Waals surface area contributed by atoms with Crippen molar-refractivity contribution in [3.05, 3.63) is 30.1 Å². The van der Waals surface area contributed by atoms with E-state index in [4.69, 9.17) is 5.73 Å². The van der Waals surface area contributed by atoms with E-state index in [1.807, 2.05) is 0 Å². The van der Waals surface area contributed by atoms with Crippen LogP contribution in [-0.2, 0) is 16.1 Å². The van der Waals surface area contributed by atoms with Crippen LogP contribution in [0.15, 0.2) is 24.3 Å². The molecule has 1 fully saturated rings. The third-order valence-corrected chi connectivity index (χ3v) is 4.15. The monoisotopic (exact) mass is 357 g/mol. The number of urea groups is 1. The Hall–Kier alpha value is -3.27. The molecule has 1 saturated heterocycles. The van der Waals surface area contributed by atoms with Crippen molar-refractivity contribution in [1.82, 2.24) is 25.4 Å². The predicted octanol–water partition coefficient (Wildman–Crippen LogP) is 0.199. The second kappa shape index (κ2) is 6.56. The summed E-state index contributed by atoms with van der Waals surface area (Å²) < 4.78 is 0. The minimum absolute atomic E-state index is 0.229. The number of hydrogen-bond acceptors (Lipinski definition) is 6. The van der Waals surface area contributed by atoms with Crippen LogP contribution in [0.4, 0.5) is 10.5 Å². The van der Waals surface area contributed by atoms with E-state index in [9.17, 15) is 14.4 Å². The van der Waals surface area contributed by atoms with Crippen molar-refractivity contribution in [3.63, 3.8) is 0 Å². The molecule has 4 amide bonds. The number of H-pyrrole nitrogens is 1. The lowest BCUT2D eigenvalue weighted by Gasteiger charge is -2.27. The molecule has 10 nitrogen and oxygen atoms in total. The molecule has 1 aromatic carbocycles. The highest BCUT2D eigenvalue weighted by Gasteiger charge is 2.46. The van der Waals surface area contributed by atoms with E-state index in [-0.39, 0.29) is 13.1 Å². The molecule has 0 spiro atoms. The standard InChI is InChI=1S/C16H19N7O3/c1-16(2)14(25)20-15(26)23(16)8-12(24)18-10-5-3-9(4-6-10)13-19-11(7-17)21-22-13/h3-6H,7-8,17H2,1-2H3,(H,18,24)(H,19,21,22)(H,20,25,26). The Morgan fingerprint density at radius 3 is 2.50 bits per heavy atom. The number of hydrogen-bond donors (Lipinski definition) is 4. The number of nitrogens with zero attached hydrogens (tertiary/aromatic N) is 3. The van der Waals surface area contributed by atoms with Crippen LogP contribution >= 0.6 is 0 Å². The van der Waals surface area contributed by atoms with E-state index < -0.39 is 23.4 Å². The van der Waals surface area contributed by atoms with Gasteiger partial charge in [-0.15, -0.1) is 0 Å². The maximum Gasteiger partial charge on any atom is 0.325 e. The fourth-order valence-corrected chi connectivity index (χ4v) is 2.53. The van der Waals surface area contributed by atoms with Gasteiger partial charge >= 0.3 is 6.03 Å². The molecule has 1 aliphatic heterocycles. The third kappa shape index (κ3) is 3.26. The molecule has 2 heterocycles. The van der Waals surface area contributed by atoms with Crippen LogP contribution in [0.25, 0.3) is 11.4 Å². The molecule has 3 rings (SSSR count). The van der Waals surface area contributed by atoms with E-state index in [0.717, 1.165) is 5.56 Å². The molecule has 2 aromatic rings. The van der Waals surface area contributed by atoms with Crippen LogP contribution < -0.4 is 16.4 Å². The summed E-state index contributed by atoms with van der Waals surface area (Å²) in [5, 5.41) is 11.7. The van der Waals surface area contributed by atoms with Crippen molar-refractivity contribution in [2.24, 2.45) is 5.73 Å². The molecule has 0 unspecified atom stereocenters. The number of carbonyl (C=O) groups is 3. The molecule has 26 heavy (non-hydrogen) atoms. The van der Waals surface area contributed by atoms with Crippen molar-refractivity contribution >= 4 is 23.5 Å². The molecule has 0 aliphatic carbocycles. The molecular weight excluding hydrogens is 338 g/mol. The van der Waals surface area contributed by atoms with Gasteiger partial charge in [0.25, 0.3) is 5.91 Å². The van der Waals surface area contributed by atoms with Crippen LogP contribution in [0.5, 0.6) is 0 Å². The van der Waals surface area contributed by atoms with Crippen LogP contribution in [0, 0.1) is 0 Å². The van der Waals surface area contributed by atoms with Crippen LogP contribution in [0.1, 0.15) is 19.7 Å². The molecule has 136 valence electrons. The number of carbonyl (C=O) groups excluding carboxylic acids is 3. The zero-order chi connectivity index (χ0) is 18.9. The Labute approximate surface area is 149 Å². The maximum atomic E-state index is 12.2. The van der Waals surface area contributed by atoms with Crippen LogP contribution in [0.3, 0.4) is 0 Å². The summed E-state index contributed by atoms with van der Waals surface area (Å²) >= 11 is 0. The highest BCUT2D eigenvalue weighted by Crippen LogP contribution is 2.21. The molecular formula is C16H19N7O3. The normalized spacial score (nSPS) is 15.9. The zero-order valence-electron chi connectivity index (χ0n) is 14.4. The van der Waals surface area contributed by atoms with Gasteiger partial charge < -0.3 is 16.0 Å². The Morgan fingerprint density at radius 2 is 1.96 bits per heavy atom. The Morgan fingerprint density at radius 1 is 1.27 bits per heavy atom. The molecule has 0 radical (unpaired) electrons. The van der Waals surface area contributed by atoms with Crippen LogP contribution in [0.2, 0.25) is 0 Å². The first-order valence-corrected chi connectivity index (χ1v) is 7.96. The van der Waals surface area contributed by atoms with E-state index in [0.29, 0.717) is 17.3 Å². The number of benzene rings is 1. The van der Waals surface area contributed by atoms with Gasteiger partial charge in [-0.3, -0.25) is 20.0 Å². The number of imide groups is 1. The summed E-state index contributed by atoms with van der Waals surface area (Å²) in [5.41, 5.74) is 5.75. The highest BCUT2D eigenvalue weighted by molar-refractivity contribution is 6.08. The summed E-state index contributed by atoms with van der Waals surface area (Å²) in [4.78, 5) is 41.2. The summed E-state index contributed by atoms with van der Waals surface area (Å²) in [6, 6.07) is 6.34. The Balaban J connectivity index is 1.65. The predicted molar refractivity (Wildman–Crippen MR) is 92.7 cm³/mol. The average molecular weight is 357 g/mol. The third-order valence-electron chi connectivity index (χ3n) is 4.15. The minimum Gasteiger partial charge on any atom is -0.325 e. The molecule has 0 bridgehead atoms. The number of aromatic nitrogens is 3. The van der Waals surface area contributed by atoms with Crippen molar-refractivity contribution in [2.75, 3.05) is 11.9 Å². The summed E-state index contributed by atoms with van der Waals surface area (Å²) in [5.74, 6) is 0.262. The number of aromatic amines is 1. The Bertz CT molecular complexity index is 857. The molecule has 10 heteroatoms. The number of nitrogens with one attached hydrogen (secondary N) is 3. The number of amides is 4. The largest absolute Gasteiger partial charge is 0.325 e. The zero-order valence-corrected chi connectivity index (χ0v) is 14.4. The first-order chi connectivity index (χ1) is 12.3. The SMILES string of the molecule is CC1(C)C(=O)NC(=O)N1CC(=O)Nc1ccc(-c2n[nH]c(CN)n2)cc1. The van der Waals surface area contributed by atoms with Crippen molar-refractivity contribution < 1.29 is 14.4 Å². The van der Waals surface area contributed by atoms with E-state index in [2.05, 4.69) is 25.8 Å². The summed E-state index contributed by atoms with van der Waals surface area (Å²) in [6.45, 7) is 3.21. The fourth-order valence-electron chi connectivity index (χ4n) is 2.53. The maximum absolute atomic E-state index is 12.2. The van der Waals surface area contributed by atoms with Gasteiger partial charge in [0.2, 0.25) is 5.91 Å². The van der Waals surface area contributed by atoms with Gasteiger partial charge in [0.1, 0.15) is 17.9 Å². The summed E-state index contributed by atoms with van der Waals surface area (Å²) in [6.07, 6.45) is 0. The van der Waals surface area contributed by atoms with E-state index in [1.54, 1.807) is 38.1 Å². The fraction of sp³-hybridized carbons (Fsp3) is 0.312. The molecule has 1 aliphatic rings. The molecule has 0 atom stereocenters. The van der Waals surface area contributed by atoms with Gasteiger partial charge in [-0.25, -0.2) is 9.78 Å². The van der Waals surface area contributed by atoms with Gasteiger partial charge in [0.05, 0.1) is 6.54 Å². The molecule has 0 saturated carbocycles. The van der Waals surface area contributed by atoms with E-state index in [1.165, 1.54) is 4.90 Å². The van der Waals surface area contributed by atoms with Gasteiger partial charge in [0, 0.05) is 11.3 Å². The number of anilines is 1. The summed E-state index contributed by atoms with van der Waals surface area (Å²) in [7, 11) is 0. The van der Waals surface area contributed by atoms with E-state index >= 15 is 0 Å². The van der Waals surface area contributed by atoms with Crippen molar-refractivity contribution in [2.45, 2.75) is 25.9 Å². The Kier molecular flexibility index (Phi) is 4.43. The first kappa shape index (κ1) is 17.5. The van der Waals surface area contributed by atoms with Gasteiger partial charge in [0.15, 0.2) is 5.82 Å². The lowest BCUT2D eigenvalue weighted by Crippen LogP contribution is -2.47. The van der Waals surface area contributed by atoms with Crippen LogP contribution in [-0.4, -0.2) is 50.0 Å². The van der Waals surface area contributed by atoms with Crippen molar-refractivity contribution in [3.8, 4) is 11.4 Å². The minimum atomic E-state index is -1.06. The smallest absolute Gasteiger partial charge is 0.325 e. The second-order valence-electron chi connectivity index (χ2n) is 6.34. The lowest BCUT2D eigenvalue weighted by molar-refractivity contribution is -0.126. The van der Waals surface area contributed by atoms with Gasteiger partial charge in [-0.05, 0) is 38.1 Å². The first-order valence-electron chi connectivity index (χ1n) is 7.96. The number of rotatable bonds is 5. The second-order valence-corrected chi connectivity index (χ2v) is 6.34. The topological polar surface area (TPSA) is 146 Å². The number of nitrogens with two attached hydrogens (primary N) is 1.